The molecule has 4 nitrogen and oxygen atoms in total. The van der Waals surface area contributed by atoms with Crippen molar-refractivity contribution in [1.82, 2.24) is 4.98 Å². The average molecular weight is 448 g/mol. The summed E-state index contributed by atoms with van der Waals surface area (Å²) in [4.78, 5) is 14.3. The van der Waals surface area contributed by atoms with Crippen LogP contribution in [0, 0.1) is 0 Å². The maximum absolute atomic E-state index is 11.1. The molecule has 0 radical (unpaired) electrons. The molecule has 0 saturated carbocycles. The normalized spacial score (nSPS) is 10.9. The average Bonchev–Trinajstić information content (AvgIpc) is 3.35. The summed E-state index contributed by atoms with van der Waals surface area (Å²) in [6.45, 7) is 0.430. The van der Waals surface area contributed by atoms with Crippen molar-refractivity contribution in [2.75, 3.05) is 0 Å². The smallest absolute Gasteiger partial charge is 0.303 e. The first-order valence-corrected chi connectivity index (χ1v) is 11.4. The highest BCUT2D eigenvalue weighted by molar-refractivity contribution is 5.86. The molecule has 4 heteroatoms. The molecule has 0 saturated heterocycles. The number of rotatable bonds is 8. The van der Waals surface area contributed by atoms with Crippen molar-refractivity contribution < 1.29 is 14.6 Å². The second kappa shape index (κ2) is 9.67. The van der Waals surface area contributed by atoms with Gasteiger partial charge < -0.3 is 14.8 Å². The molecule has 0 aliphatic heterocycles. The van der Waals surface area contributed by atoms with Gasteiger partial charge in [0.05, 0.1) is 0 Å². The number of aliphatic carboxylic acids is 1. The quantitative estimate of drug-likeness (QED) is 0.267. The minimum atomic E-state index is -0.798. The van der Waals surface area contributed by atoms with E-state index in [-0.39, 0.29) is 6.42 Å². The van der Waals surface area contributed by atoms with E-state index in [0.717, 1.165) is 50.0 Å². The highest BCUT2D eigenvalue weighted by atomic mass is 16.5. The van der Waals surface area contributed by atoms with E-state index in [4.69, 9.17) is 9.84 Å². The van der Waals surface area contributed by atoms with Gasteiger partial charge >= 0.3 is 5.97 Å². The fourth-order valence-corrected chi connectivity index (χ4v) is 4.26. The van der Waals surface area contributed by atoms with E-state index in [1.165, 1.54) is 0 Å². The molecule has 1 heterocycles. The van der Waals surface area contributed by atoms with Gasteiger partial charge in [-0.3, -0.25) is 4.79 Å². The summed E-state index contributed by atoms with van der Waals surface area (Å²) in [5, 5.41) is 10.2. The number of hydrogen-bond donors (Lipinski definition) is 2. The summed E-state index contributed by atoms with van der Waals surface area (Å²) in [5.41, 5.74) is 7.46. The largest absolute Gasteiger partial charge is 0.488 e. The van der Waals surface area contributed by atoms with Crippen molar-refractivity contribution in [2.24, 2.45) is 0 Å². The summed E-state index contributed by atoms with van der Waals surface area (Å²) in [7, 11) is 0. The molecule has 34 heavy (non-hydrogen) atoms. The van der Waals surface area contributed by atoms with E-state index < -0.39 is 5.97 Å². The Balaban J connectivity index is 1.48. The van der Waals surface area contributed by atoms with Gasteiger partial charge in [-0.25, -0.2) is 0 Å². The monoisotopic (exact) mass is 447 g/mol. The molecule has 4 aromatic carbocycles. The molecule has 0 aliphatic rings. The molecule has 5 rings (SSSR count). The fraction of sp³-hybridized carbons (Fsp3) is 0.100. The third-order valence-electron chi connectivity index (χ3n) is 6.02. The summed E-state index contributed by atoms with van der Waals surface area (Å²) < 4.78 is 6.39. The zero-order valence-electron chi connectivity index (χ0n) is 18.7. The second-order valence-electron chi connectivity index (χ2n) is 8.32. The number of carboxylic acids is 1. The van der Waals surface area contributed by atoms with Crippen LogP contribution in [-0.4, -0.2) is 16.1 Å². The van der Waals surface area contributed by atoms with E-state index in [0.29, 0.717) is 13.0 Å². The van der Waals surface area contributed by atoms with Crippen LogP contribution < -0.4 is 4.74 Å². The van der Waals surface area contributed by atoms with Crippen LogP contribution in [0.4, 0.5) is 0 Å². The number of ether oxygens (including phenoxy) is 1. The van der Waals surface area contributed by atoms with Gasteiger partial charge in [0, 0.05) is 23.7 Å². The Kier molecular flexibility index (Phi) is 6.13. The third kappa shape index (κ3) is 4.71. The predicted molar refractivity (Wildman–Crippen MR) is 136 cm³/mol. The number of H-pyrrole nitrogens is 1. The number of aromatic amines is 1. The Morgan fingerprint density at radius 1 is 0.794 bits per heavy atom. The van der Waals surface area contributed by atoms with Gasteiger partial charge in [-0.15, -0.1) is 0 Å². The first kappa shape index (κ1) is 21.5. The lowest BCUT2D eigenvalue weighted by Gasteiger charge is -2.16. The van der Waals surface area contributed by atoms with Crippen LogP contribution in [0.1, 0.15) is 17.5 Å². The van der Waals surface area contributed by atoms with Crippen LogP contribution in [0.3, 0.4) is 0 Å². The molecular formula is C30H25NO3. The maximum Gasteiger partial charge on any atom is 0.303 e. The van der Waals surface area contributed by atoms with Crippen LogP contribution in [0.2, 0.25) is 0 Å². The van der Waals surface area contributed by atoms with Crippen molar-refractivity contribution in [3.05, 3.63) is 114 Å². The van der Waals surface area contributed by atoms with E-state index in [2.05, 4.69) is 53.5 Å². The molecule has 0 atom stereocenters. The Morgan fingerprint density at radius 3 is 2.47 bits per heavy atom. The van der Waals surface area contributed by atoms with Gasteiger partial charge in [0.2, 0.25) is 0 Å². The number of fused-ring (bicyclic) bond motifs is 1. The van der Waals surface area contributed by atoms with Crippen molar-refractivity contribution in [2.45, 2.75) is 19.4 Å². The molecule has 0 aliphatic carbocycles. The van der Waals surface area contributed by atoms with Crippen LogP contribution in [0.15, 0.2) is 103 Å². The molecular weight excluding hydrogens is 422 g/mol. The Bertz CT molecular complexity index is 1440. The van der Waals surface area contributed by atoms with E-state index in [1.54, 1.807) is 0 Å². The van der Waals surface area contributed by atoms with Crippen molar-refractivity contribution in [3.8, 4) is 28.0 Å². The lowest BCUT2D eigenvalue weighted by atomic mass is 9.98. The SMILES string of the molecule is O=C(O)CCc1ccc(OCc2ccccc2-c2ccccc2)c(-c2ccc3[nH]ccc3c2)c1. The first-order valence-electron chi connectivity index (χ1n) is 11.4. The zero-order chi connectivity index (χ0) is 23.3. The summed E-state index contributed by atoms with van der Waals surface area (Å²) in [5.74, 6) is -0.0232. The lowest BCUT2D eigenvalue weighted by molar-refractivity contribution is -0.136. The van der Waals surface area contributed by atoms with Gasteiger partial charge in [-0.1, -0.05) is 66.7 Å². The minimum absolute atomic E-state index is 0.0982. The van der Waals surface area contributed by atoms with Gasteiger partial charge in [0.1, 0.15) is 12.4 Å². The van der Waals surface area contributed by atoms with Gasteiger partial charge in [-0.05, 0) is 70.0 Å². The molecule has 0 spiro atoms. The molecule has 2 N–H and O–H groups in total. The number of aryl methyl sites for hydroxylation is 1. The maximum atomic E-state index is 11.1. The summed E-state index contributed by atoms with van der Waals surface area (Å²) in [6, 6.07) is 32.9. The number of hydrogen-bond acceptors (Lipinski definition) is 2. The standard InChI is InChI=1S/C30H25NO3/c32-30(33)15-11-21-10-14-29(27(18-21)23-12-13-28-24(19-23)16-17-31-28)34-20-25-8-4-5-9-26(25)22-6-2-1-3-7-22/h1-10,12-14,16-19,31H,11,15,20H2,(H,32,33). The Hall–Kier alpha value is -4.31. The van der Waals surface area contributed by atoms with Gasteiger partial charge in [0.25, 0.3) is 0 Å². The Morgan fingerprint density at radius 2 is 1.62 bits per heavy atom. The first-order chi connectivity index (χ1) is 16.7. The van der Waals surface area contributed by atoms with Crippen LogP contribution in [0.25, 0.3) is 33.2 Å². The predicted octanol–water partition coefficient (Wildman–Crippen LogP) is 7.10. The number of carboxylic acid groups (broad SMARTS) is 1. The molecule has 0 fully saturated rings. The second-order valence-corrected chi connectivity index (χ2v) is 8.32. The molecule has 0 amide bonds. The molecule has 0 bridgehead atoms. The van der Waals surface area contributed by atoms with Crippen molar-refractivity contribution in [1.29, 1.82) is 0 Å². The number of nitrogens with one attached hydrogen (secondary N) is 1. The number of benzene rings is 4. The van der Waals surface area contributed by atoms with Crippen LogP contribution in [0.5, 0.6) is 5.75 Å². The van der Waals surface area contributed by atoms with E-state index in [1.807, 2.05) is 54.7 Å². The molecule has 0 unspecified atom stereocenters. The highest BCUT2D eigenvalue weighted by Crippen LogP contribution is 2.34. The van der Waals surface area contributed by atoms with Gasteiger partial charge in [-0.2, -0.15) is 0 Å². The fourth-order valence-electron chi connectivity index (χ4n) is 4.26. The summed E-state index contributed by atoms with van der Waals surface area (Å²) >= 11 is 0. The lowest BCUT2D eigenvalue weighted by Crippen LogP contribution is -2.01. The summed E-state index contributed by atoms with van der Waals surface area (Å²) in [6.07, 6.45) is 2.50. The number of aromatic nitrogens is 1. The molecule has 1 aromatic heterocycles. The zero-order valence-corrected chi connectivity index (χ0v) is 18.7. The van der Waals surface area contributed by atoms with Crippen molar-refractivity contribution in [3.63, 3.8) is 0 Å². The van der Waals surface area contributed by atoms with Crippen LogP contribution in [-0.2, 0) is 17.8 Å². The highest BCUT2D eigenvalue weighted by Gasteiger charge is 2.12. The molecule has 168 valence electrons. The van der Waals surface area contributed by atoms with E-state index >= 15 is 0 Å². The van der Waals surface area contributed by atoms with Crippen molar-refractivity contribution >= 4 is 16.9 Å². The number of carbonyl (C=O) groups is 1. The topological polar surface area (TPSA) is 62.3 Å². The van der Waals surface area contributed by atoms with Gasteiger partial charge in [0.15, 0.2) is 0 Å². The third-order valence-corrected chi connectivity index (χ3v) is 6.02. The molecule has 5 aromatic rings. The minimum Gasteiger partial charge on any atom is -0.488 e. The Labute approximate surface area is 198 Å². The van der Waals surface area contributed by atoms with Crippen LogP contribution >= 0.6 is 0 Å². The van der Waals surface area contributed by atoms with E-state index in [9.17, 15) is 4.79 Å².